The number of hydrogen-bond donors (Lipinski definition) is 1. The van der Waals surface area contributed by atoms with Crippen LogP contribution in [-0.4, -0.2) is 30.2 Å². The van der Waals surface area contributed by atoms with Gasteiger partial charge in [0.1, 0.15) is 11.5 Å². The van der Waals surface area contributed by atoms with Gasteiger partial charge in [0, 0.05) is 23.9 Å². The van der Waals surface area contributed by atoms with E-state index in [4.69, 9.17) is 9.47 Å². The van der Waals surface area contributed by atoms with Gasteiger partial charge in [0.05, 0.1) is 25.0 Å². The molecule has 0 bridgehead atoms. The van der Waals surface area contributed by atoms with Gasteiger partial charge in [0.25, 0.3) is 0 Å². The fourth-order valence-electron chi connectivity index (χ4n) is 1.91. The van der Waals surface area contributed by atoms with Gasteiger partial charge in [-0.15, -0.1) is 0 Å². The average Bonchev–Trinajstić information content (AvgIpc) is 2.55. The molecule has 24 heavy (non-hydrogen) atoms. The predicted octanol–water partition coefficient (Wildman–Crippen LogP) is 4.34. The molecule has 0 aliphatic heterocycles. The first-order valence-corrected chi connectivity index (χ1v) is 9.49. The van der Waals surface area contributed by atoms with Gasteiger partial charge in [-0.05, 0) is 12.8 Å². The van der Waals surface area contributed by atoms with Gasteiger partial charge >= 0.3 is 0 Å². The van der Waals surface area contributed by atoms with E-state index in [1.54, 1.807) is 12.1 Å². The van der Waals surface area contributed by atoms with Gasteiger partial charge in [0.15, 0.2) is 5.78 Å². The molecule has 5 nitrogen and oxygen atoms in total. The summed E-state index contributed by atoms with van der Waals surface area (Å²) in [5.74, 6) is 0.797. The molecule has 1 aromatic rings. The third kappa shape index (κ3) is 8.34. The van der Waals surface area contributed by atoms with Crippen LogP contribution in [0.15, 0.2) is 18.2 Å². The van der Waals surface area contributed by atoms with Gasteiger partial charge in [0.2, 0.25) is 5.91 Å². The van der Waals surface area contributed by atoms with E-state index in [0.717, 1.165) is 25.7 Å². The lowest BCUT2D eigenvalue weighted by Crippen LogP contribution is -2.17. The summed E-state index contributed by atoms with van der Waals surface area (Å²) in [4.78, 5) is 23.2. The number of ketones is 1. The summed E-state index contributed by atoms with van der Waals surface area (Å²) >= 11 is 3.05. The molecule has 134 valence electrons. The quantitative estimate of drug-likeness (QED) is 0.322. The maximum absolute atomic E-state index is 11.9. The Hall–Kier alpha value is -1.56. The number of nitrogens with one attached hydrogen (secondary N) is 1. The molecular weight excluding hydrogens is 374 g/mol. The predicted molar refractivity (Wildman–Crippen MR) is 99.3 cm³/mol. The van der Waals surface area contributed by atoms with Crippen LogP contribution < -0.4 is 14.8 Å². The zero-order valence-corrected chi connectivity index (χ0v) is 16.0. The Balaban J connectivity index is 2.78. The summed E-state index contributed by atoms with van der Waals surface area (Å²) in [5.41, 5.74) is 0.572. The number of unbranched alkanes of at least 4 members (excludes halogenated alkanes) is 2. The number of anilines is 1. The highest BCUT2D eigenvalue weighted by Crippen LogP contribution is 2.27. The molecule has 6 heteroatoms. The maximum Gasteiger partial charge on any atom is 0.231 e. The number of ether oxygens (including phenoxy) is 2. The minimum atomic E-state index is -0.343. The minimum absolute atomic E-state index is 0.155. The fraction of sp³-hybridized carbons (Fsp3) is 0.556. The number of halogens is 1. The van der Waals surface area contributed by atoms with E-state index >= 15 is 0 Å². The Labute approximate surface area is 152 Å². The van der Waals surface area contributed by atoms with Crippen molar-refractivity contribution in [3.63, 3.8) is 0 Å². The number of benzene rings is 1. The third-order valence-corrected chi connectivity index (χ3v) is 3.83. The molecule has 0 saturated carbocycles. The molecule has 1 aromatic carbocycles. The van der Waals surface area contributed by atoms with Crippen molar-refractivity contribution in [2.24, 2.45) is 0 Å². The van der Waals surface area contributed by atoms with Crippen LogP contribution in [0.25, 0.3) is 0 Å². The van der Waals surface area contributed by atoms with E-state index in [9.17, 15) is 9.59 Å². The number of hydrogen-bond acceptors (Lipinski definition) is 4. The van der Waals surface area contributed by atoms with Gasteiger partial charge in [-0.2, -0.15) is 0 Å². The molecule has 0 spiro atoms. The number of amides is 1. The Kier molecular flexibility index (Phi) is 10.2. The van der Waals surface area contributed by atoms with Gasteiger partial charge < -0.3 is 14.8 Å². The van der Waals surface area contributed by atoms with Crippen LogP contribution >= 0.6 is 15.9 Å². The van der Waals surface area contributed by atoms with E-state index in [0.29, 0.717) is 30.4 Å². The number of Topliss-reactive ketones (excluding diaryl/α,β-unsaturated/α-hetero) is 1. The van der Waals surface area contributed by atoms with Gasteiger partial charge in [-0.25, -0.2) is 0 Å². The first kappa shape index (κ1) is 20.5. The summed E-state index contributed by atoms with van der Waals surface area (Å²) < 4.78 is 11.4. The molecule has 1 amide bonds. The lowest BCUT2D eigenvalue weighted by Gasteiger charge is -2.13. The molecule has 0 aliphatic carbocycles. The maximum atomic E-state index is 11.9. The van der Waals surface area contributed by atoms with Crippen LogP contribution in [-0.2, 0) is 9.59 Å². The molecular formula is C18H26BrNO4. The lowest BCUT2D eigenvalue weighted by atomic mass is 10.2. The largest absolute Gasteiger partial charge is 0.493 e. The van der Waals surface area contributed by atoms with Crippen LogP contribution in [0.5, 0.6) is 11.5 Å². The first-order valence-electron chi connectivity index (χ1n) is 8.37. The minimum Gasteiger partial charge on any atom is -0.493 e. The SMILES string of the molecule is CCCCOc1cc(NC(=O)CC(=O)CBr)cc(OCCCC)c1. The smallest absolute Gasteiger partial charge is 0.231 e. The van der Waals surface area contributed by atoms with Crippen LogP contribution in [0.1, 0.15) is 46.0 Å². The molecule has 0 atom stereocenters. The second kappa shape index (κ2) is 11.9. The van der Waals surface area contributed by atoms with Crippen LogP contribution in [0.2, 0.25) is 0 Å². The van der Waals surface area contributed by atoms with Crippen molar-refractivity contribution in [2.75, 3.05) is 23.9 Å². The second-order valence-electron chi connectivity index (χ2n) is 5.49. The fourth-order valence-corrected chi connectivity index (χ4v) is 2.11. The Morgan fingerprint density at radius 3 is 2.00 bits per heavy atom. The summed E-state index contributed by atoms with van der Waals surface area (Å²) in [6.45, 7) is 5.43. The van der Waals surface area contributed by atoms with Gasteiger partial charge in [-0.1, -0.05) is 42.6 Å². The van der Waals surface area contributed by atoms with E-state index < -0.39 is 0 Å². The highest BCUT2D eigenvalue weighted by atomic mass is 79.9. The van der Waals surface area contributed by atoms with Crippen LogP contribution in [0.3, 0.4) is 0 Å². The monoisotopic (exact) mass is 399 g/mol. The van der Waals surface area contributed by atoms with Crippen molar-refractivity contribution < 1.29 is 19.1 Å². The topological polar surface area (TPSA) is 64.6 Å². The second-order valence-corrected chi connectivity index (χ2v) is 6.06. The molecule has 0 heterocycles. The molecule has 0 saturated heterocycles. The highest BCUT2D eigenvalue weighted by molar-refractivity contribution is 9.09. The van der Waals surface area contributed by atoms with Crippen LogP contribution in [0.4, 0.5) is 5.69 Å². The lowest BCUT2D eigenvalue weighted by molar-refractivity contribution is -0.123. The molecule has 1 rings (SSSR count). The summed E-state index contributed by atoms with van der Waals surface area (Å²) in [7, 11) is 0. The molecule has 1 N–H and O–H groups in total. The van der Waals surface area contributed by atoms with Crippen LogP contribution in [0, 0.1) is 0 Å². The molecule has 0 aromatic heterocycles. The number of carbonyl (C=O) groups is 2. The molecule has 0 radical (unpaired) electrons. The highest BCUT2D eigenvalue weighted by Gasteiger charge is 2.10. The van der Waals surface area contributed by atoms with Crippen molar-refractivity contribution in [1.82, 2.24) is 0 Å². The zero-order valence-electron chi connectivity index (χ0n) is 14.4. The van der Waals surface area contributed by atoms with Crippen molar-refractivity contribution >= 4 is 33.3 Å². The van der Waals surface area contributed by atoms with Crippen molar-refractivity contribution in [3.8, 4) is 11.5 Å². The number of alkyl halides is 1. The Morgan fingerprint density at radius 1 is 1.00 bits per heavy atom. The Bertz CT molecular complexity index is 506. The third-order valence-electron chi connectivity index (χ3n) is 3.20. The van der Waals surface area contributed by atoms with Crippen molar-refractivity contribution in [3.05, 3.63) is 18.2 Å². The van der Waals surface area contributed by atoms with E-state index in [-0.39, 0.29) is 23.4 Å². The average molecular weight is 400 g/mol. The Morgan fingerprint density at radius 2 is 1.54 bits per heavy atom. The summed E-state index contributed by atoms with van der Waals surface area (Å²) in [5, 5.41) is 2.90. The number of rotatable bonds is 12. The van der Waals surface area contributed by atoms with E-state index in [1.807, 2.05) is 6.07 Å². The first-order chi connectivity index (χ1) is 11.6. The summed E-state index contributed by atoms with van der Waals surface area (Å²) in [6, 6.07) is 5.32. The normalized spacial score (nSPS) is 10.3. The van der Waals surface area contributed by atoms with E-state index in [1.165, 1.54) is 0 Å². The molecule has 0 unspecified atom stereocenters. The molecule has 0 aliphatic rings. The van der Waals surface area contributed by atoms with Crippen molar-refractivity contribution in [2.45, 2.75) is 46.0 Å². The standard InChI is InChI=1S/C18H26BrNO4/c1-3-5-7-23-16-9-14(20-18(22)11-15(21)13-19)10-17(12-16)24-8-6-4-2/h9-10,12H,3-8,11,13H2,1-2H3,(H,20,22). The van der Waals surface area contributed by atoms with Gasteiger partial charge in [-0.3, -0.25) is 9.59 Å². The number of carbonyl (C=O) groups excluding carboxylic acids is 2. The summed E-state index contributed by atoms with van der Waals surface area (Å²) in [6.07, 6.45) is 3.86. The van der Waals surface area contributed by atoms with E-state index in [2.05, 4.69) is 35.1 Å². The van der Waals surface area contributed by atoms with Crippen molar-refractivity contribution in [1.29, 1.82) is 0 Å². The molecule has 0 fully saturated rings. The zero-order chi connectivity index (χ0) is 17.8.